The van der Waals surface area contributed by atoms with Crippen LogP contribution < -0.4 is 10.5 Å². The minimum atomic E-state index is -4.31. The highest BCUT2D eigenvalue weighted by Crippen LogP contribution is 2.22. The summed E-state index contributed by atoms with van der Waals surface area (Å²) in [6.45, 7) is 0. The molecular weight excluding hydrogens is 326 g/mol. The Bertz CT molecular complexity index is 749. The Hall–Kier alpha value is -1.26. The van der Waals surface area contributed by atoms with Crippen LogP contribution in [0.25, 0.3) is 0 Å². The minimum absolute atomic E-state index is 0.0913. The Labute approximate surface area is 121 Å². The molecule has 1 heterocycles. The summed E-state index contributed by atoms with van der Waals surface area (Å²) in [5.41, 5.74) is 5.09. The first-order valence-electron chi connectivity index (χ1n) is 6.08. The number of sulfonamides is 1. The molecule has 1 fully saturated rings. The Kier molecular flexibility index (Phi) is 4.22. The first kappa shape index (κ1) is 16.1. The summed E-state index contributed by atoms with van der Waals surface area (Å²) in [6.07, 6.45) is 0.183. The number of benzene rings is 1. The van der Waals surface area contributed by atoms with Crippen LogP contribution in [0.2, 0.25) is 0 Å². The highest BCUT2D eigenvalue weighted by Gasteiger charge is 2.29. The summed E-state index contributed by atoms with van der Waals surface area (Å²) >= 11 is 0. The monoisotopic (exact) mass is 340 g/mol. The average Bonchev–Trinajstić information content (AvgIpc) is 2.36. The lowest BCUT2D eigenvalue weighted by atomic mass is 10.2. The summed E-state index contributed by atoms with van der Waals surface area (Å²) in [7, 11) is -7.46. The zero-order valence-corrected chi connectivity index (χ0v) is 12.5. The van der Waals surface area contributed by atoms with Crippen LogP contribution in [-0.4, -0.2) is 34.4 Å². The Morgan fingerprint density at radius 2 is 1.76 bits per heavy atom. The first-order chi connectivity index (χ1) is 9.61. The number of nitrogen functional groups attached to an aromatic ring is 1. The van der Waals surface area contributed by atoms with Crippen molar-refractivity contribution in [3.63, 3.8) is 0 Å². The summed E-state index contributed by atoms with van der Waals surface area (Å²) in [4.78, 5) is -0.881. The first-order valence-corrected chi connectivity index (χ1v) is 9.38. The molecule has 1 aromatic rings. The van der Waals surface area contributed by atoms with Crippen LogP contribution in [0.4, 0.5) is 14.5 Å². The third kappa shape index (κ3) is 3.69. The fraction of sp³-hybridized carbons (Fsp3) is 0.455. The minimum Gasteiger partial charge on any atom is -0.399 e. The van der Waals surface area contributed by atoms with Crippen LogP contribution in [0.1, 0.15) is 12.8 Å². The molecule has 0 unspecified atom stereocenters. The number of hydrogen-bond acceptors (Lipinski definition) is 5. The van der Waals surface area contributed by atoms with Crippen LogP contribution >= 0.6 is 0 Å². The molecular formula is C11H14F2N2O4S2. The molecule has 0 saturated carbocycles. The number of halogens is 2. The molecule has 1 aromatic carbocycles. The molecule has 3 N–H and O–H groups in total. The summed E-state index contributed by atoms with van der Waals surface area (Å²) < 4.78 is 75.7. The maximum Gasteiger partial charge on any atom is 0.243 e. The maximum absolute atomic E-state index is 13.6. The van der Waals surface area contributed by atoms with Crippen molar-refractivity contribution in [1.82, 2.24) is 4.72 Å². The topological polar surface area (TPSA) is 106 Å². The quantitative estimate of drug-likeness (QED) is 0.775. The SMILES string of the molecule is Nc1cc(F)c(F)c(S(=O)(=O)NC2CCS(=O)(=O)CC2)c1. The predicted octanol–water partition coefficient (Wildman–Crippen LogP) is 0.403. The summed E-state index contributed by atoms with van der Waals surface area (Å²) in [5, 5.41) is 0. The van der Waals surface area contributed by atoms with Crippen LogP contribution in [0.3, 0.4) is 0 Å². The van der Waals surface area contributed by atoms with Crippen LogP contribution in [0.15, 0.2) is 17.0 Å². The lowest BCUT2D eigenvalue weighted by molar-refractivity contribution is 0.475. The normalized spacial score (nSPS) is 19.5. The Morgan fingerprint density at radius 3 is 2.33 bits per heavy atom. The lowest BCUT2D eigenvalue weighted by Crippen LogP contribution is -2.41. The highest BCUT2D eigenvalue weighted by molar-refractivity contribution is 7.91. The van der Waals surface area contributed by atoms with Crippen molar-refractivity contribution in [2.45, 2.75) is 23.8 Å². The van der Waals surface area contributed by atoms with E-state index in [1.165, 1.54) is 0 Å². The molecule has 1 aliphatic heterocycles. The van der Waals surface area contributed by atoms with E-state index >= 15 is 0 Å². The van der Waals surface area contributed by atoms with Gasteiger partial charge in [0.25, 0.3) is 0 Å². The van der Waals surface area contributed by atoms with Crippen molar-refractivity contribution >= 4 is 25.5 Å². The van der Waals surface area contributed by atoms with E-state index in [1.807, 2.05) is 0 Å². The smallest absolute Gasteiger partial charge is 0.243 e. The Morgan fingerprint density at radius 1 is 1.19 bits per heavy atom. The number of anilines is 1. The van der Waals surface area contributed by atoms with Gasteiger partial charge in [-0.25, -0.2) is 30.3 Å². The van der Waals surface area contributed by atoms with Crippen molar-refractivity contribution in [2.75, 3.05) is 17.2 Å². The number of rotatable bonds is 3. The molecule has 6 nitrogen and oxygen atoms in total. The van der Waals surface area contributed by atoms with Crippen molar-refractivity contribution < 1.29 is 25.6 Å². The second-order valence-corrected chi connectivity index (χ2v) is 8.85. The van der Waals surface area contributed by atoms with Crippen molar-refractivity contribution in [1.29, 1.82) is 0 Å². The van der Waals surface area contributed by atoms with Gasteiger partial charge in [-0.2, -0.15) is 0 Å². The zero-order chi connectivity index (χ0) is 15.8. The van der Waals surface area contributed by atoms with Crippen molar-refractivity contribution in [2.24, 2.45) is 0 Å². The van der Waals surface area contributed by atoms with Gasteiger partial charge >= 0.3 is 0 Å². The molecule has 1 aliphatic rings. The molecule has 0 amide bonds. The molecule has 21 heavy (non-hydrogen) atoms. The van der Waals surface area contributed by atoms with Gasteiger partial charge in [0.1, 0.15) is 14.7 Å². The molecule has 0 bridgehead atoms. The van der Waals surface area contributed by atoms with Crippen LogP contribution in [0.5, 0.6) is 0 Å². The third-order valence-electron chi connectivity index (χ3n) is 3.18. The van der Waals surface area contributed by atoms with Crippen molar-refractivity contribution in [3.05, 3.63) is 23.8 Å². The van der Waals surface area contributed by atoms with Gasteiger partial charge in [-0.1, -0.05) is 0 Å². The van der Waals surface area contributed by atoms with Gasteiger partial charge in [0.2, 0.25) is 10.0 Å². The zero-order valence-electron chi connectivity index (χ0n) is 10.8. The molecule has 2 rings (SSSR count). The molecule has 0 atom stereocenters. The van der Waals surface area contributed by atoms with E-state index in [9.17, 15) is 25.6 Å². The van der Waals surface area contributed by atoms with E-state index in [0.717, 1.165) is 6.07 Å². The van der Waals surface area contributed by atoms with Gasteiger partial charge in [-0.05, 0) is 25.0 Å². The van der Waals surface area contributed by atoms with E-state index in [4.69, 9.17) is 5.73 Å². The lowest BCUT2D eigenvalue weighted by Gasteiger charge is -2.23. The molecule has 0 aliphatic carbocycles. The third-order valence-corrected chi connectivity index (χ3v) is 6.42. The second-order valence-electron chi connectivity index (χ2n) is 4.86. The fourth-order valence-corrected chi connectivity index (χ4v) is 4.99. The molecule has 118 valence electrons. The molecule has 1 saturated heterocycles. The second kappa shape index (κ2) is 5.50. The van der Waals surface area contributed by atoms with Crippen LogP contribution in [-0.2, 0) is 19.9 Å². The summed E-state index contributed by atoms with van der Waals surface area (Å²) in [5.74, 6) is -3.16. The van der Waals surface area contributed by atoms with E-state index < -0.39 is 42.4 Å². The van der Waals surface area contributed by atoms with Gasteiger partial charge in [-0.15, -0.1) is 0 Å². The standard InChI is InChI=1S/C11H14F2N2O4S2/c12-9-5-7(14)6-10(11(9)13)21(18,19)15-8-1-3-20(16,17)4-2-8/h5-6,8,15H,1-4,14H2. The maximum atomic E-state index is 13.6. The number of hydrogen-bond donors (Lipinski definition) is 2. The van der Waals surface area contributed by atoms with Crippen molar-refractivity contribution in [3.8, 4) is 0 Å². The molecule has 10 heteroatoms. The van der Waals surface area contributed by atoms with Gasteiger partial charge in [-0.3, -0.25) is 0 Å². The summed E-state index contributed by atoms with van der Waals surface area (Å²) in [6, 6.07) is 0.865. The largest absolute Gasteiger partial charge is 0.399 e. The van der Waals surface area contributed by atoms with E-state index in [1.54, 1.807) is 0 Å². The number of nitrogens with one attached hydrogen (secondary N) is 1. The van der Waals surface area contributed by atoms with Crippen LogP contribution in [0, 0.1) is 11.6 Å². The van der Waals surface area contributed by atoms with E-state index in [2.05, 4.69) is 4.72 Å². The highest BCUT2D eigenvalue weighted by atomic mass is 32.2. The number of sulfone groups is 1. The van der Waals surface area contributed by atoms with Gasteiger partial charge in [0, 0.05) is 11.7 Å². The molecule has 0 radical (unpaired) electrons. The van der Waals surface area contributed by atoms with E-state index in [0.29, 0.717) is 6.07 Å². The van der Waals surface area contributed by atoms with E-state index in [-0.39, 0.29) is 30.0 Å². The van der Waals surface area contributed by atoms with Gasteiger partial charge in [0.15, 0.2) is 11.6 Å². The molecule has 0 spiro atoms. The molecule has 0 aromatic heterocycles. The number of nitrogens with two attached hydrogens (primary N) is 1. The fourth-order valence-electron chi connectivity index (χ4n) is 2.07. The Balaban J connectivity index is 2.24. The average molecular weight is 340 g/mol. The van der Waals surface area contributed by atoms with Gasteiger partial charge < -0.3 is 5.73 Å². The predicted molar refractivity (Wildman–Crippen MR) is 72.8 cm³/mol. The van der Waals surface area contributed by atoms with Gasteiger partial charge in [0.05, 0.1) is 11.5 Å².